The Morgan fingerprint density at radius 2 is 1.64 bits per heavy atom. The van der Waals surface area contributed by atoms with Crippen molar-refractivity contribution in [3.63, 3.8) is 0 Å². The molecule has 0 atom stereocenters. The number of unbranched alkanes of at least 4 members (excludes halogenated alkanes) is 3. The van der Waals surface area contributed by atoms with Crippen LogP contribution < -0.4 is 13.6 Å². The molecular weight excluding hydrogens is 426 g/mol. The zero-order chi connectivity index (χ0) is 18.7. The molecule has 1 aromatic rings. The summed E-state index contributed by atoms with van der Waals surface area (Å²) in [5, 5.41) is 2.46. The molecule has 0 unspecified atom stereocenters. The van der Waals surface area contributed by atoms with Crippen molar-refractivity contribution >= 4 is 28.0 Å². The second-order valence-electron chi connectivity index (χ2n) is 6.74. The minimum absolute atomic E-state index is 0.329. The molecule has 0 aliphatic rings. The molecule has 0 radical (unpaired) electrons. The number of nitrogens with one attached hydrogen (secondary N) is 1. The summed E-state index contributed by atoms with van der Waals surface area (Å²) in [6.07, 6.45) is 7.46. The first-order valence-electron chi connectivity index (χ1n) is 9.58. The first kappa shape index (κ1) is 22.2. The van der Waals surface area contributed by atoms with E-state index in [0.717, 1.165) is 48.3 Å². The zero-order valence-electron chi connectivity index (χ0n) is 16.2. The first-order valence-corrected chi connectivity index (χ1v) is 17.1. The average molecular weight is 459 g/mol. The summed E-state index contributed by atoms with van der Waals surface area (Å²) >= 11 is -2.92. The summed E-state index contributed by atoms with van der Waals surface area (Å²) in [6.45, 7) is 6.59. The maximum absolute atomic E-state index is 14.1. The van der Waals surface area contributed by atoms with E-state index in [4.69, 9.17) is 4.74 Å². The fraction of sp³-hybridized carbons (Fsp3) is 0.684. The Hall–Kier alpha value is -0.851. The topological polar surface area (TPSA) is 51.2 Å². The van der Waals surface area contributed by atoms with Gasteiger partial charge < -0.3 is 0 Å². The number of carbonyl (C=O) groups excluding carboxylic acids is 1. The van der Waals surface area contributed by atoms with Gasteiger partial charge in [-0.25, -0.2) is 0 Å². The summed E-state index contributed by atoms with van der Waals surface area (Å²) in [5.74, 6) is 0.00434. The molecule has 4 nitrogen and oxygen atoms in total. The van der Waals surface area contributed by atoms with Crippen LogP contribution in [0.25, 0.3) is 0 Å². The van der Waals surface area contributed by atoms with Crippen LogP contribution in [-0.4, -0.2) is 36.5 Å². The summed E-state index contributed by atoms with van der Waals surface area (Å²) in [6, 6.07) is 1.61. The maximum atomic E-state index is 14.1. The molecule has 142 valence electrons. The minimum atomic E-state index is -2.92. The molecule has 0 aliphatic carbocycles. The number of ether oxygens (including phenoxy) is 1. The van der Waals surface area contributed by atoms with Crippen LogP contribution in [0.15, 0.2) is 12.3 Å². The van der Waals surface area contributed by atoms with Crippen LogP contribution in [0.1, 0.15) is 59.3 Å². The van der Waals surface area contributed by atoms with Gasteiger partial charge in [0, 0.05) is 0 Å². The predicted molar refractivity (Wildman–Crippen MR) is 104 cm³/mol. The zero-order valence-corrected chi connectivity index (χ0v) is 19.0. The third kappa shape index (κ3) is 6.76. The van der Waals surface area contributed by atoms with E-state index in [2.05, 4.69) is 31.1 Å². The van der Waals surface area contributed by atoms with E-state index in [1.165, 1.54) is 20.4 Å². The van der Waals surface area contributed by atoms with E-state index in [9.17, 15) is 9.18 Å². The number of amides is 1. The SMILES string of the molecule is CCC[CH2][Sn]([CH2]CCC)([CH2]CCC)[c]1cc(F)cnc1OC(=O)NC. The van der Waals surface area contributed by atoms with Crippen LogP contribution in [-0.2, 0) is 0 Å². The number of hydrogen-bond acceptors (Lipinski definition) is 3. The molecule has 1 amide bonds. The molecule has 6 heteroatoms. The molecule has 1 N–H and O–H groups in total. The van der Waals surface area contributed by atoms with E-state index in [1.54, 1.807) is 6.07 Å². The second-order valence-corrected chi connectivity index (χ2v) is 19.9. The summed E-state index contributed by atoms with van der Waals surface area (Å²) < 4.78 is 24.0. The standard InChI is InChI=1S/C7H6FN2O2.3C4H9.Sn/c1-9-7(11)12-6-3-2-5(8)4-10-6;3*1-3-4-2;/h2,4H,1H3,(H,9,11);3*1,3-4H2,2H3;. The van der Waals surface area contributed by atoms with E-state index >= 15 is 0 Å². The van der Waals surface area contributed by atoms with Gasteiger partial charge in [0.05, 0.1) is 0 Å². The van der Waals surface area contributed by atoms with Gasteiger partial charge in [-0.3, -0.25) is 0 Å². The molecular formula is C19H33FN2O2Sn. The van der Waals surface area contributed by atoms with Crippen LogP contribution in [0.3, 0.4) is 0 Å². The molecule has 1 heterocycles. The van der Waals surface area contributed by atoms with Crippen molar-refractivity contribution in [2.45, 2.75) is 72.6 Å². The van der Waals surface area contributed by atoms with Gasteiger partial charge in [0.2, 0.25) is 0 Å². The van der Waals surface area contributed by atoms with Gasteiger partial charge in [0.25, 0.3) is 0 Å². The Labute approximate surface area is 155 Å². The number of aromatic nitrogens is 1. The molecule has 0 bridgehead atoms. The van der Waals surface area contributed by atoms with Crippen LogP contribution >= 0.6 is 0 Å². The molecule has 25 heavy (non-hydrogen) atoms. The first-order chi connectivity index (χ1) is 12.0. The number of halogens is 1. The van der Waals surface area contributed by atoms with Crippen LogP contribution in [0, 0.1) is 5.82 Å². The molecule has 1 aromatic heterocycles. The Morgan fingerprint density at radius 3 is 2.08 bits per heavy atom. The van der Waals surface area contributed by atoms with Gasteiger partial charge >= 0.3 is 156 Å². The number of nitrogens with zero attached hydrogens (tertiary/aromatic N) is 1. The van der Waals surface area contributed by atoms with Crippen LogP contribution in [0.2, 0.25) is 13.3 Å². The fourth-order valence-corrected chi connectivity index (χ4v) is 19.5. The van der Waals surface area contributed by atoms with Gasteiger partial charge in [-0.05, 0) is 0 Å². The van der Waals surface area contributed by atoms with E-state index < -0.39 is 24.5 Å². The molecule has 0 fully saturated rings. The summed E-state index contributed by atoms with van der Waals surface area (Å²) in [4.78, 5) is 15.9. The number of pyridine rings is 1. The Morgan fingerprint density at radius 1 is 1.12 bits per heavy atom. The predicted octanol–water partition coefficient (Wildman–Crippen LogP) is 5.00. The van der Waals surface area contributed by atoms with Crippen molar-refractivity contribution < 1.29 is 13.9 Å². The Bertz CT molecular complexity index is 518. The Kier molecular flexibility index (Phi) is 10.4. The van der Waals surface area contributed by atoms with E-state index in [1.807, 2.05) is 0 Å². The molecule has 0 saturated carbocycles. The molecule has 0 saturated heterocycles. The molecule has 0 aliphatic heterocycles. The third-order valence-electron chi connectivity index (χ3n) is 4.81. The van der Waals surface area contributed by atoms with E-state index in [-0.39, 0.29) is 5.82 Å². The van der Waals surface area contributed by atoms with Crippen LogP contribution in [0.5, 0.6) is 5.88 Å². The molecule has 0 spiro atoms. The van der Waals surface area contributed by atoms with Crippen molar-refractivity contribution in [3.8, 4) is 5.88 Å². The summed E-state index contributed by atoms with van der Waals surface area (Å²) in [5.41, 5.74) is 0. The normalized spacial score (nSPS) is 11.4. The average Bonchev–Trinajstić information content (AvgIpc) is 2.63. The van der Waals surface area contributed by atoms with Crippen molar-refractivity contribution in [1.82, 2.24) is 10.3 Å². The van der Waals surface area contributed by atoms with Gasteiger partial charge in [-0.15, -0.1) is 0 Å². The van der Waals surface area contributed by atoms with Crippen molar-refractivity contribution in [1.29, 1.82) is 0 Å². The van der Waals surface area contributed by atoms with E-state index in [0.29, 0.717) is 5.88 Å². The van der Waals surface area contributed by atoms with Crippen molar-refractivity contribution in [2.24, 2.45) is 0 Å². The second kappa shape index (κ2) is 11.7. The fourth-order valence-electron chi connectivity index (χ4n) is 3.35. The number of carbonyl (C=O) groups is 1. The van der Waals surface area contributed by atoms with Gasteiger partial charge in [-0.1, -0.05) is 0 Å². The summed E-state index contributed by atoms with van der Waals surface area (Å²) in [7, 11) is 1.52. The monoisotopic (exact) mass is 460 g/mol. The third-order valence-corrected chi connectivity index (χ3v) is 20.3. The molecule has 1 rings (SSSR count). The quantitative estimate of drug-likeness (QED) is 0.475. The number of hydrogen-bond donors (Lipinski definition) is 1. The van der Waals surface area contributed by atoms with Crippen molar-refractivity contribution in [2.75, 3.05) is 7.05 Å². The number of rotatable bonds is 11. The van der Waals surface area contributed by atoms with Crippen LogP contribution in [0.4, 0.5) is 9.18 Å². The Balaban J connectivity index is 3.37. The van der Waals surface area contributed by atoms with Gasteiger partial charge in [0.15, 0.2) is 0 Å². The van der Waals surface area contributed by atoms with Gasteiger partial charge in [-0.2, -0.15) is 0 Å². The molecule has 0 aromatic carbocycles. The van der Waals surface area contributed by atoms with Crippen molar-refractivity contribution in [3.05, 3.63) is 18.1 Å². The van der Waals surface area contributed by atoms with Gasteiger partial charge in [0.1, 0.15) is 0 Å².